The van der Waals surface area contributed by atoms with Gasteiger partial charge in [-0.15, -0.1) is 5.10 Å². The Bertz CT molecular complexity index is 799. The van der Waals surface area contributed by atoms with Crippen molar-refractivity contribution in [3.05, 3.63) is 42.1 Å². The highest BCUT2D eigenvalue weighted by atomic mass is 16.5. The summed E-state index contributed by atoms with van der Waals surface area (Å²) in [6.45, 7) is 4.07. The number of urea groups is 1. The van der Waals surface area contributed by atoms with Gasteiger partial charge in [-0.1, -0.05) is 18.2 Å². The van der Waals surface area contributed by atoms with Crippen LogP contribution in [-0.4, -0.2) is 77.9 Å². The van der Waals surface area contributed by atoms with Gasteiger partial charge in [0, 0.05) is 58.2 Å². The molecule has 0 saturated carbocycles. The van der Waals surface area contributed by atoms with Gasteiger partial charge in [0.2, 0.25) is 5.88 Å². The van der Waals surface area contributed by atoms with Crippen LogP contribution >= 0.6 is 0 Å². The molecule has 0 radical (unpaired) electrons. The standard InChI is InChI=1S/C19H26N6O3/c1-23-14-16(17(22-23)28-2)18(26)25-12-10-24(11-13-25)9-8-20-19(27)21-15-6-4-3-5-7-15/h3-7,14H,8-13H2,1-2H3,(H2,20,21,27). The summed E-state index contributed by atoms with van der Waals surface area (Å²) in [6.07, 6.45) is 1.68. The number of aromatic nitrogens is 2. The van der Waals surface area contributed by atoms with E-state index in [9.17, 15) is 9.59 Å². The molecule has 9 heteroatoms. The number of benzene rings is 1. The number of amides is 3. The number of nitrogens with zero attached hydrogens (tertiary/aromatic N) is 4. The van der Waals surface area contributed by atoms with Gasteiger partial charge in [-0.05, 0) is 12.1 Å². The minimum Gasteiger partial charge on any atom is -0.479 e. The third kappa shape index (κ3) is 5.01. The van der Waals surface area contributed by atoms with Crippen LogP contribution in [0.4, 0.5) is 10.5 Å². The lowest BCUT2D eigenvalue weighted by Gasteiger charge is -2.34. The first-order chi connectivity index (χ1) is 13.6. The molecule has 9 nitrogen and oxygen atoms in total. The molecule has 1 aromatic carbocycles. The largest absolute Gasteiger partial charge is 0.479 e. The van der Waals surface area contributed by atoms with Gasteiger partial charge in [0.1, 0.15) is 5.56 Å². The van der Waals surface area contributed by atoms with E-state index in [2.05, 4.69) is 20.6 Å². The third-order valence-electron chi connectivity index (χ3n) is 4.62. The van der Waals surface area contributed by atoms with E-state index in [4.69, 9.17) is 4.74 Å². The molecule has 1 fully saturated rings. The normalized spacial score (nSPS) is 14.6. The fourth-order valence-corrected chi connectivity index (χ4v) is 3.13. The maximum absolute atomic E-state index is 12.7. The minimum atomic E-state index is -0.219. The Kier molecular flexibility index (Phi) is 6.49. The number of aryl methyl sites for hydroxylation is 1. The fraction of sp³-hybridized carbons (Fsp3) is 0.421. The first-order valence-electron chi connectivity index (χ1n) is 9.26. The molecule has 1 aliphatic rings. The van der Waals surface area contributed by atoms with Gasteiger partial charge in [0.25, 0.3) is 5.91 Å². The van der Waals surface area contributed by atoms with Crippen molar-refractivity contribution in [1.82, 2.24) is 24.9 Å². The number of methoxy groups -OCH3 is 1. The summed E-state index contributed by atoms with van der Waals surface area (Å²) in [6, 6.07) is 9.11. The van der Waals surface area contributed by atoms with Crippen LogP contribution in [0, 0.1) is 0 Å². The monoisotopic (exact) mass is 386 g/mol. The molecular weight excluding hydrogens is 360 g/mol. The van der Waals surface area contributed by atoms with E-state index < -0.39 is 0 Å². The van der Waals surface area contributed by atoms with Crippen LogP contribution in [0.3, 0.4) is 0 Å². The molecule has 28 heavy (non-hydrogen) atoms. The number of hydrogen-bond donors (Lipinski definition) is 2. The average molecular weight is 386 g/mol. The van der Waals surface area contributed by atoms with E-state index in [1.807, 2.05) is 35.2 Å². The zero-order chi connectivity index (χ0) is 19.9. The van der Waals surface area contributed by atoms with Gasteiger partial charge in [-0.2, -0.15) is 0 Å². The van der Waals surface area contributed by atoms with Crippen molar-refractivity contribution in [1.29, 1.82) is 0 Å². The van der Waals surface area contributed by atoms with Crippen molar-refractivity contribution in [2.24, 2.45) is 7.05 Å². The Morgan fingerprint density at radius 2 is 1.86 bits per heavy atom. The van der Waals surface area contributed by atoms with E-state index in [-0.39, 0.29) is 11.9 Å². The number of carbonyl (C=O) groups is 2. The van der Waals surface area contributed by atoms with Crippen molar-refractivity contribution in [2.75, 3.05) is 51.7 Å². The number of para-hydroxylation sites is 1. The smallest absolute Gasteiger partial charge is 0.319 e. The SMILES string of the molecule is COc1nn(C)cc1C(=O)N1CCN(CCNC(=O)Nc2ccccc2)CC1. The molecule has 150 valence electrons. The van der Waals surface area contributed by atoms with Crippen LogP contribution in [0.2, 0.25) is 0 Å². The number of carbonyl (C=O) groups excluding carboxylic acids is 2. The third-order valence-corrected chi connectivity index (χ3v) is 4.62. The predicted octanol–water partition coefficient (Wildman–Crippen LogP) is 1.01. The molecule has 0 aliphatic carbocycles. The fourth-order valence-electron chi connectivity index (χ4n) is 3.13. The quantitative estimate of drug-likeness (QED) is 0.773. The molecule has 3 rings (SSSR count). The second-order valence-electron chi connectivity index (χ2n) is 6.61. The number of anilines is 1. The van der Waals surface area contributed by atoms with Crippen LogP contribution in [0.5, 0.6) is 5.88 Å². The van der Waals surface area contributed by atoms with Gasteiger partial charge >= 0.3 is 6.03 Å². The summed E-state index contributed by atoms with van der Waals surface area (Å²) < 4.78 is 6.76. The highest BCUT2D eigenvalue weighted by molar-refractivity contribution is 5.96. The van der Waals surface area contributed by atoms with E-state index in [0.717, 1.165) is 25.3 Å². The maximum Gasteiger partial charge on any atom is 0.319 e. The summed E-state index contributed by atoms with van der Waals surface area (Å²) in [5.74, 6) is 0.286. The second kappa shape index (κ2) is 9.23. The molecule has 2 N–H and O–H groups in total. The van der Waals surface area contributed by atoms with Crippen LogP contribution in [0.25, 0.3) is 0 Å². The van der Waals surface area contributed by atoms with Crippen LogP contribution in [-0.2, 0) is 7.05 Å². The summed E-state index contributed by atoms with van der Waals surface area (Å²) in [7, 11) is 3.27. The van der Waals surface area contributed by atoms with E-state index >= 15 is 0 Å². The van der Waals surface area contributed by atoms with Crippen molar-refractivity contribution >= 4 is 17.6 Å². The van der Waals surface area contributed by atoms with Gasteiger partial charge in [0.15, 0.2) is 0 Å². The highest BCUT2D eigenvalue weighted by Crippen LogP contribution is 2.18. The molecule has 1 aliphatic heterocycles. The summed E-state index contributed by atoms with van der Waals surface area (Å²) in [5, 5.41) is 9.78. The van der Waals surface area contributed by atoms with Crippen molar-refractivity contribution in [3.63, 3.8) is 0 Å². The number of hydrogen-bond acceptors (Lipinski definition) is 5. The number of piperazine rings is 1. The topological polar surface area (TPSA) is 91.7 Å². The highest BCUT2D eigenvalue weighted by Gasteiger charge is 2.25. The second-order valence-corrected chi connectivity index (χ2v) is 6.61. The molecule has 1 saturated heterocycles. The van der Waals surface area contributed by atoms with Crippen molar-refractivity contribution in [3.8, 4) is 5.88 Å². The Morgan fingerprint density at radius 3 is 2.54 bits per heavy atom. The molecular formula is C19H26N6O3. The molecule has 2 aromatic rings. The van der Waals surface area contributed by atoms with Gasteiger partial charge in [0.05, 0.1) is 7.11 Å². The lowest BCUT2D eigenvalue weighted by Crippen LogP contribution is -2.50. The zero-order valence-electron chi connectivity index (χ0n) is 16.2. The number of ether oxygens (including phenoxy) is 1. The molecule has 0 unspecified atom stereocenters. The molecule has 3 amide bonds. The number of nitrogens with one attached hydrogen (secondary N) is 2. The Morgan fingerprint density at radius 1 is 1.14 bits per heavy atom. The summed E-state index contributed by atoms with van der Waals surface area (Å²) >= 11 is 0. The predicted molar refractivity (Wildman–Crippen MR) is 106 cm³/mol. The van der Waals surface area contributed by atoms with E-state index in [1.165, 1.54) is 7.11 Å². The molecule has 0 bridgehead atoms. The minimum absolute atomic E-state index is 0.0648. The zero-order valence-corrected chi connectivity index (χ0v) is 16.2. The van der Waals surface area contributed by atoms with E-state index in [1.54, 1.807) is 17.9 Å². The molecule has 0 spiro atoms. The summed E-state index contributed by atoms with van der Waals surface area (Å²) in [4.78, 5) is 28.6. The Hall–Kier alpha value is -3.07. The van der Waals surface area contributed by atoms with Crippen LogP contribution in [0.15, 0.2) is 36.5 Å². The van der Waals surface area contributed by atoms with Gasteiger partial charge in [-0.25, -0.2) is 4.79 Å². The molecule has 1 aromatic heterocycles. The van der Waals surface area contributed by atoms with Crippen LogP contribution in [0.1, 0.15) is 10.4 Å². The Balaban J connectivity index is 1.39. The lowest BCUT2D eigenvalue weighted by atomic mass is 10.2. The molecule has 0 atom stereocenters. The van der Waals surface area contributed by atoms with Gasteiger partial charge < -0.3 is 20.3 Å². The van der Waals surface area contributed by atoms with E-state index in [0.29, 0.717) is 31.1 Å². The number of rotatable bonds is 6. The summed E-state index contributed by atoms with van der Waals surface area (Å²) in [5.41, 5.74) is 1.25. The van der Waals surface area contributed by atoms with Crippen LogP contribution < -0.4 is 15.4 Å². The molecule has 2 heterocycles. The first kappa shape index (κ1) is 19.7. The van der Waals surface area contributed by atoms with Gasteiger partial charge in [-0.3, -0.25) is 14.4 Å². The Labute approximate surface area is 164 Å². The van der Waals surface area contributed by atoms with Crippen molar-refractivity contribution < 1.29 is 14.3 Å². The average Bonchev–Trinajstić information content (AvgIpc) is 3.09. The maximum atomic E-state index is 12.7. The lowest BCUT2D eigenvalue weighted by molar-refractivity contribution is 0.0636. The van der Waals surface area contributed by atoms with Crippen molar-refractivity contribution in [2.45, 2.75) is 0 Å². The first-order valence-corrected chi connectivity index (χ1v) is 9.26.